The fourth-order valence-electron chi connectivity index (χ4n) is 1.84. The molecular weight excluding hydrogens is 246 g/mol. The van der Waals surface area contributed by atoms with Crippen LogP contribution in [0, 0.1) is 10.1 Å². The fraction of sp³-hybridized carbons (Fsp3) is 0.538. The summed E-state index contributed by atoms with van der Waals surface area (Å²) < 4.78 is 0. The van der Waals surface area contributed by atoms with Crippen molar-refractivity contribution in [3.8, 4) is 0 Å². The molecule has 0 bridgehead atoms. The Hall–Kier alpha value is -1.82. The van der Waals surface area contributed by atoms with Crippen LogP contribution in [-0.2, 0) is 0 Å². The summed E-state index contributed by atoms with van der Waals surface area (Å²) in [5, 5.41) is 26.3. The first-order valence-corrected chi connectivity index (χ1v) is 6.49. The Morgan fingerprint density at radius 3 is 2.53 bits per heavy atom. The van der Waals surface area contributed by atoms with Gasteiger partial charge in [-0.05, 0) is 38.8 Å². The molecule has 106 valence electrons. The summed E-state index contributed by atoms with van der Waals surface area (Å²) in [6.07, 6.45) is 1.10. The minimum Gasteiger partial charge on any atom is -0.393 e. The standard InChI is InChI=1S/C13H21N3O3/c1-3-14-11-7-4-8-12(13(11)16(18)19)15-9-5-6-10(2)17/h4,7-8,10,14-15,17H,3,5-6,9H2,1-2H3. The molecule has 0 saturated carbocycles. The number of nitrogens with zero attached hydrogens (tertiary/aromatic N) is 1. The van der Waals surface area contributed by atoms with Crippen molar-refractivity contribution in [1.82, 2.24) is 0 Å². The topological polar surface area (TPSA) is 87.4 Å². The molecule has 0 aliphatic heterocycles. The van der Waals surface area contributed by atoms with Crippen LogP contribution >= 0.6 is 0 Å². The summed E-state index contributed by atoms with van der Waals surface area (Å²) in [6, 6.07) is 5.17. The monoisotopic (exact) mass is 267 g/mol. The Balaban J connectivity index is 2.76. The van der Waals surface area contributed by atoms with Crippen molar-refractivity contribution in [3.63, 3.8) is 0 Å². The van der Waals surface area contributed by atoms with E-state index in [1.807, 2.05) is 6.92 Å². The molecule has 3 N–H and O–H groups in total. The first-order valence-electron chi connectivity index (χ1n) is 6.49. The molecule has 6 nitrogen and oxygen atoms in total. The predicted molar refractivity (Wildman–Crippen MR) is 76.7 cm³/mol. The lowest BCUT2D eigenvalue weighted by molar-refractivity contribution is -0.383. The van der Waals surface area contributed by atoms with Crippen molar-refractivity contribution in [2.75, 3.05) is 23.7 Å². The van der Waals surface area contributed by atoms with E-state index in [-0.39, 0.29) is 16.7 Å². The van der Waals surface area contributed by atoms with Gasteiger partial charge in [0, 0.05) is 13.1 Å². The maximum absolute atomic E-state index is 11.1. The number of hydrogen-bond acceptors (Lipinski definition) is 5. The Labute approximate surface area is 113 Å². The number of aliphatic hydroxyl groups excluding tert-OH is 1. The highest BCUT2D eigenvalue weighted by atomic mass is 16.6. The van der Waals surface area contributed by atoms with Gasteiger partial charge < -0.3 is 15.7 Å². The molecule has 1 aromatic rings. The zero-order chi connectivity index (χ0) is 14.3. The lowest BCUT2D eigenvalue weighted by Gasteiger charge is -2.11. The van der Waals surface area contributed by atoms with Crippen LogP contribution in [0.1, 0.15) is 26.7 Å². The normalized spacial score (nSPS) is 11.9. The van der Waals surface area contributed by atoms with Crippen molar-refractivity contribution < 1.29 is 10.0 Å². The quantitative estimate of drug-likeness (QED) is 0.383. The highest BCUT2D eigenvalue weighted by Gasteiger charge is 2.18. The third kappa shape index (κ3) is 4.75. The van der Waals surface area contributed by atoms with Crippen molar-refractivity contribution in [3.05, 3.63) is 28.3 Å². The molecule has 0 spiro atoms. The molecule has 1 aromatic carbocycles. The van der Waals surface area contributed by atoms with Crippen molar-refractivity contribution in [2.24, 2.45) is 0 Å². The number of anilines is 2. The average Bonchev–Trinajstić information content (AvgIpc) is 2.34. The van der Waals surface area contributed by atoms with E-state index in [9.17, 15) is 10.1 Å². The first kappa shape index (κ1) is 15.2. The first-order chi connectivity index (χ1) is 9.06. The Bertz CT molecular complexity index is 422. The summed E-state index contributed by atoms with van der Waals surface area (Å²) in [5.74, 6) is 0. The summed E-state index contributed by atoms with van der Waals surface area (Å²) in [6.45, 7) is 4.86. The molecule has 0 heterocycles. The lowest BCUT2D eigenvalue weighted by Crippen LogP contribution is -2.09. The molecule has 0 saturated heterocycles. The maximum atomic E-state index is 11.1. The van der Waals surface area contributed by atoms with E-state index in [0.29, 0.717) is 30.9 Å². The van der Waals surface area contributed by atoms with Gasteiger partial charge in [0.25, 0.3) is 0 Å². The van der Waals surface area contributed by atoms with E-state index in [1.54, 1.807) is 25.1 Å². The highest BCUT2D eigenvalue weighted by Crippen LogP contribution is 2.32. The third-order valence-corrected chi connectivity index (χ3v) is 2.70. The molecule has 19 heavy (non-hydrogen) atoms. The molecule has 0 aliphatic carbocycles. The zero-order valence-corrected chi connectivity index (χ0v) is 11.3. The lowest BCUT2D eigenvalue weighted by atomic mass is 10.2. The molecule has 0 radical (unpaired) electrons. The number of rotatable bonds is 8. The Morgan fingerprint density at radius 2 is 2.00 bits per heavy atom. The van der Waals surface area contributed by atoms with Crippen molar-refractivity contribution in [2.45, 2.75) is 32.8 Å². The van der Waals surface area contributed by atoms with Gasteiger partial charge in [-0.1, -0.05) is 6.07 Å². The van der Waals surface area contributed by atoms with Crippen LogP contribution in [0.15, 0.2) is 18.2 Å². The minimum absolute atomic E-state index is 0.0707. The van der Waals surface area contributed by atoms with Crippen LogP contribution in [0.4, 0.5) is 17.1 Å². The van der Waals surface area contributed by atoms with Gasteiger partial charge in [-0.25, -0.2) is 0 Å². The number of nitro groups is 1. The Morgan fingerprint density at radius 1 is 1.37 bits per heavy atom. The molecule has 1 rings (SSSR count). The van der Waals surface area contributed by atoms with E-state index < -0.39 is 0 Å². The summed E-state index contributed by atoms with van der Waals surface area (Å²) in [5.41, 5.74) is 1.10. The number of aliphatic hydroxyl groups is 1. The van der Waals surface area contributed by atoms with Gasteiger partial charge in [-0.2, -0.15) is 0 Å². The summed E-state index contributed by atoms with van der Waals surface area (Å²) in [7, 11) is 0. The van der Waals surface area contributed by atoms with Crippen molar-refractivity contribution in [1.29, 1.82) is 0 Å². The molecule has 1 atom stereocenters. The third-order valence-electron chi connectivity index (χ3n) is 2.70. The smallest absolute Gasteiger partial charge is 0.315 e. The van der Waals surface area contributed by atoms with Gasteiger partial charge in [0.05, 0.1) is 11.0 Å². The Kier molecular flexibility index (Phi) is 6.08. The van der Waals surface area contributed by atoms with Gasteiger partial charge in [0.1, 0.15) is 11.4 Å². The van der Waals surface area contributed by atoms with E-state index >= 15 is 0 Å². The largest absolute Gasteiger partial charge is 0.393 e. The number of para-hydroxylation sites is 1. The molecular formula is C13H21N3O3. The highest BCUT2D eigenvalue weighted by molar-refractivity contribution is 5.76. The maximum Gasteiger partial charge on any atom is 0.315 e. The van der Waals surface area contributed by atoms with Crippen LogP contribution < -0.4 is 10.6 Å². The van der Waals surface area contributed by atoms with Crippen LogP contribution in [0.25, 0.3) is 0 Å². The zero-order valence-electron chi connectivity index (χ0n) is 11.3. The molecule has 0 aromatic heterocycles. The van der Waals surface area contributed by atoms with Crippen LogP contribution in [0.2, 0.25) is 0 Å². The number of benzene rings is 1. The second-order valence-electron chi connectivity index (χ2n) is 4.41. The SMILES string of the molecule is CCNc1cccc(NCCCC(C)O)c1[N+](=O)[O-]. The van der Waals surface area contributed by atoms with Crippen LogP contribution in [0.3, 0.4) is 0 Å². The van der Waals surface area contributed by atoms with Gasteiger partial charge in [0.2, 0.25) is 0 Å². The van der Waals surface area contributed by atoms with Gasteiger partial charge in [-0.15, -0.1) is 0 Å². The fourth-order valence-corrected chi connectivity index (χ4v) is 1.84. The van der Waals surface area contributed by atoms with E-state index in [2.05, 4.69) is 10.6 Å². The summed E-state index contributed by atoms with van der Waals surface area (Å²) >= 11 is 0. The second-order valence-corrected chi connectivity index (χ2v) is 4.41. The van der Waals surface area contributed by atoms with Gasteiger partial charge in [-0.3, -0.25) is 10.1 Å². The van der Waals surface area contributed by atoms with Gasteiger partial charge >= 0.3 is 5.69 Å². The van der Waals surface area contributed by atoms with Crippen LogP contribution in [0.5, 0.6) is 0 Å². The van der Waals surface area contributed by atoms with Crippen molar-refractivity contribution >= 4 is 17.1 Å². The number of nitrogens with one attached hydrogen (secondary N) is 2. The molecule has 0 aliphatic rings. The molecule has 6 heteroatoms. The molecule has 0 fully saturated rings. The number of nitro benzene ring substituents is 1. The average molecular weight is 267 g/mol. The minimum atomic E-state index is -0.380. The second kappa shape index (κ2) is 7.58. The van der Waals surface area contributed by atoms with E-state index in [4.69, 9.17) is 5.11 Å². The summed E-state index contributed by atoms with van der Waals surface area (Å²) in [4.78, 5) is 10.8. The van der Waals surface area contributed by atoms with E-state index in [1.165, 1.54) is 0 Å². The molecule has 1 unspecified atom stereocenters. The van der Waals surface area contributed by atoms with Gasteiger partial charge in [0.15, 0.2) is 0 Å². The molecule has 0 amide bonds. The number of hydrogen-bond donors (Lipinski definition) is 3. The predicted octanol–water partition coefficient (Wildman–Crippen LogP) is 2.60. The van der Waals surface area contributed by atoms with Crippen LogP contribution in [-0.4, -0.2) is 29.2 Å². The van der Waals surface area contributed by atoms with E-state index in [0.717, 1.165) is 6.42 Å².